The van der Waals surface area contributed by atoms with Gasteiger partial charge in [0, 0.05) is 24.2 Å². The number of hydrogen-bond acceptors (Lipinski definition) is 4. The monoisotopic (exact) mass is 626 g/mol. The zero-order chi connectivity index (χ0) is 32.8. The topological polar surface area (TPSA) is 42.5 Å². The van der Waals surface area contributed by atoms with Crippen molar-refractivity contribution in [1.29, 1.82) is 0 Å². The summed E-state index contributed by atoms with van der Waals surface area (Å²) in [7, 11) is 3.53. The highest BCUT2D eigenvalue weighted by atomic mass is 16.5. The lowest BCUT2D eigenvalue weighted by molar-refractivity contribution is 0.386. The zero-order valence-corrected chi connectivity index (χ0v) is 28.7. The first kappa shape index (κ1) is 32.8. The van der Waals surface area contributed by atoms with Gasteiger partial charge in [-0.1, -0.05) is 96.6 Å². The lowest BCUT2D eigenvalue weighted by Gasteiger charge is -2.30. The van der Waals surface area contributed by atoms with E-state index in [9.17, 15) is 0 Å². The molecule has 0 amide bonds. The molecule has 0 aliphatic heterocycles. The highest BCUT2D eigenvalue weighted by Gasteiger charge is 2.24. The maximum absolute atomic E-state index is 5.53. The molecule has 0 aromatic heterocycles. The maximum Gasteiger partial charge on any atom is 0.122 e. The van der Waals surface area contributed by atoms with E-state index in [4.69, 9.17) is 9.47 Å². The largest absolute Gasteiger partial charge is 0.496 e. The quantitative estimate of drug-likeness (QED) is 0.180. The van der Waals surface area contributed by atoms with Crippen LogP contribution in [0.3, 0.4) is 0 Å². The molecule has 0 spiro atoms. The summed E-state index contributed by atoms with van der Waals surface area (Å²) in [4.78, 5) is 0. The molecule has 4 nitrogen and oxygen atoms in total. The Kier molecular flexibility index (Phi) is 10.6. The number of hydrogen-bond donors (Lipinski definition) is 2. The van der Waals surface area contributed by atoms with E-state index in [0.29, 0.717) is 24.2 Å². The van der Waals surface area contributed by atoms with Gasteiger partial charge in [-0.25, -0.2) is 0 Å². The third-order valence-corrected chi connectivity index (χ3v) is 10.2. The van der Waals surface area contributed by atoms with Crippen molar-refractivity contribution in [3.05, 3.63) is 142 Å². The fourth-order valence-corrected chi connectivity index (χ4v) is 7.59. The first-order valence-corrected chi connectivity index (χ1v) is 17.3. The summed E-state index contributed by atoms with van der Waals surface area (Å²) in [6.45, 7) is 6.67. The molecule has 2 aliphatic carbocycles. The van der Waals surface area contributed by atoms with Crippen molar-refractivity contribution in [3.63, 3.8) is 0 Å². The Morgan fingerprint density at radius 1 is 0.596 bits per heavy atom. The Balaban J connectivity index is 0.000000166. The molecule has 244 valence electrons. The number of rotatable bonds is 8. The molecule has 5 aromatic rings. The first-order chi connectivity index (χ1) is 22.9. The minimum Gasteiger partial charge on any atom is -0.496 e. The van der Waals surface area contributed by atoms with Crippen LogP contribution in [0.4, 0.5) is 0 Å². The summed E-state index contributed by atoms with van der Waals surface area (Å²) < 4.78 is 11.0. The molecule has 2 aliphatic rings. The summed E-state index contributed by atoms with van der Waals surface area (Å²) in [6.07, 6.45) is 6.66. The standard InChI is InChI=1S/C23H25NO.C20H25NO/c1-16(20-11-5-8-17-7-3-4-10-21(17)20)24-19-13-14-22-18(15-19)9-6-12-23(22)25-2;1-14-7-9-16(10-8-14)15(2)21-18-11-12-19-17(13-18)5-4-6-20(19)22-3/h3-12,16,19,24H,13-15H2,1-2H3;4-10,15,18,21H,11-13H2,1-3H3/t16-,19+;15-,18+/m11/s1. The highest BCUT2D eigenvalue weighted by molar-refractivity contribution is 5.86. The summed E-state index contributed by atoms with van der Waals surface area (Å²) in [5.41, 5.74) is 9.70. The van der Waals surface area contributed by atoms with Crippen LogP contribution in [0.1, 0.15) is 77.7 Å². The van der Waals surface area contributed by atoms with Crippen molar-refractivity contribution < 1.29 is 9.47 Å². The number of benzene rings is 5. The van der Waals surface area contributed by atoms with E-state index in [2.05, 4.69) is 135 Å². The average Bonchev–Trinajstić information content (AvgIpc) is 3.11. The van der Waals surface area contributed by atoms with Crippen LogP contribution in [0.2, 0.25) is 0 Å². The highest BCUT2D eigenvalue weighted by Crippen LogP contribution is 2.32. The van der Waals surface area contributed by atoms with Crippen molar-refractivity contribution in [1.82, 2.24) is 10.6 Å². The SMILES string of the molecule is COc1cccc2c1CC[C@H](N[C@H](C)c1ccc(C)cc1)C2.COc1cccc2c1CC[C@H](N[C@H](C)c1cccc3ccccc13)C2. The average molecular weight is 627 g/mol. The number of nitrogens with one attached hydrogen (secondary N) is 2. The molecular formula is C43H50N2O2. The molecule has 4 heteroatoms. The van der Waals surface area contributed by atoms with Gasteiger partial charge in [-0.2, -0.15) is 0 Å². The molecular weight excluding hydrogens is 576 g/mol. The normalized spacial score (nSPS) is 18.2. The van der Waals surface area contributed by atoms with Crippen LogP contribution in [0.15, 0.2) is 103 Å². The summed E-state index contributed by atoms with van der Waals surface area (Å²) in [6, 6.07) is 38.7. The van der Waals surface area contributed by atoms with Crippen molar-refractivity contribution in [2.24, 2.45) is 0 Å². The summed E-state index contributed by atoms with van der Waals surface area (Å²) in [5, 5.41) is 10.3. The summed E-state index contributed by atoms with van der Waals surface area (Å²) >= 11 is 0. The van der Waals surface area contributed by atoms with Gasteiger partial charge in [0.1, 0.15) is 11.5 Å². The second kappa shape index (κ2) is 15.2. The second-order valence-corrected chi connectivity index (χ2v) is 13.3. The smallest absolute Gasteiger partial charge is 0.122 e. The van der Waals surface area contributed by atoms with E-state index in [0.717, 1.165) is 43.6 Å². The minimum atomic E-state index is 0.336. The van der Waals surface area contributed by atoms with Crippen LogP contribution in [0.25, 0.3) is 10.8 Å². The molecule has 5 aromatic carbocycles. The molecule has 2 N–H and O–H groups in total. The van der Waals surface area contributed by atoms with Gasteiger partial charge in [-0.3, -0.25) is 0 Å². The number of aryl methyl sites for hydroxylation is 1. The van der Waals surface area contributed by atoms with Gasteiger partial charge in [-0.05, 0) is 116 Å². The lowest BCUT2D eigenvalue weighted by Crippen LogP contribution is -2.36. The predicted octanol–water partition coefficient (Wildman–Crippen LogP) is 9.27. The Bertz CT molecular complexity index is 1770. The van der Waals surface area contributed by atoms with Gasteiger partial charge in [0.25, 0.3) is 0 Å². The van der Waals surface area contributed by atoms with E-state index < -0.39 is 0 Å². The van der Waals surface area contributed by atoms with Crippen molar-refractivity contribution in [2.75, 3.05) is 14.2 Å². The molecule has 0 saturated carbocycles. The van der Waals surface area contributed by atoms with E-state index >= 15 is 0 Å². The van der Waals surface area contributed by atoms with Gasteiger partial charge in [0.05, 0.1) is 14.2 Å². The Labute approximate surface area is 281 Å². The van der Waals surface area contributed by atoms with Crippen LogP contribution in [0.5, 0.6) is 11.5 Å². The molecule has 0 unspecified atom stereocenters. The van der Waals surface area contributed by atoms with Gasteiger partial charge in [0.15, 0.2) is 0 Å². The maximum atomic E-state index is 5.53. The second-order valence-electron chi connectivity index (χ2n) is 13.3. The van der Waals surface area contributed by atoms with Crippen LogP contribution < -0.4 is 20.1 Å². The van der Waals surface area contributed by atoms with Crippen molar-refractivity contribution in [3.8, 4) is 11.5 Å². The van der Waals surface area contributed by atoms with Gasteiger partial charge in [0.2, 0.25) is 0 Å². The third kappa shape index (κ3) is 7.72. The molecule has 0 saturated heterocycles. The number of ether oxygens (including phenoxy) is 2. The lowest BCUT2D eigenvalue weighted by atomic mass is 9.87. The summed E-state index contributed by atoms with van der Waals surface area (Å²) in [5.74, 6) is 2.08. The molecule has 47 heavy (non-hydrogen) atoms. The Morgan fingerprint density at radius 2 is 1.13 bits per heavy atom. The Morgan fingerprint density at radius 3 is 1.72 bits per heavy atom. The number of methoxy groups -OCH3 is 2. The van der Waals surface area contributed by atoms with Crippen molar-refractivity contribution >= 4 is 10.8 Å². The van der Waals surface area contributed by atoms with E-state index in [-0.39, 0.29) is 0 Å². The molecule has 0 fully saturated rings. The van der Waals surface area contributed by atoms with E-state index in [1.54, 1.807) is 14.2 Å². The van der Waals surface area contributed by atoms with Crippen LogP contribution in [0, 0.1) is 6.92 Å². The Hall–Kier alpha value is -4.12. The molecule has 0 heterocycles. The van der Waals surface area contributed by atoms with Crippen LogP contribution in [-0.2, 0) is 25.7 Å². The minimum absolute atomic E-state index is 0.336. The van der Waals surface area contributed by atoms with E-state index in [1.807, 2.05) is 0 Å². The first-order valence-electron chi connectivity index (χ1n) is 17.3. The molecule has 4 atom stereocenters. The van der Waals surface area contributed by atoms with Gasteiger partial charge < -0.3 is 20.1 Å². The fourth-order valence-electron chi connectivity index (χ4n) is 7.59. The van der Waals surface area contributed by atoms with Crippen molar-refractivity contribution in [2.45, 2.75) is 83.5 Å². The number of fused-ring (bicyclic) bond motifs is 3. The predicted molar refractivity (Wildman–Crippen MR) is 196 cm³/mol. The van der Waals surface area contributed by atoms with Crippen LogP contribution >= 0.6 is 0 Å². The molecule has 0 radical (unpaired) electrons. The molecule has 7 rings (SSSR count). The fraction of sp³-hybridized carbons (Fsp3) is 0.349. The third-order valence-electron chi connectivity index (χ3n) is 10.2. The van der Waals surface area contributed by atoms with Gasteiger partial charge in [-0.15, -0.1) is 0 Å². The van der Waals surface area contributed by atoms with Crippen LogP contribution in [-0.4, -0.2) is 26.3 Å². The van der Waals surface area contributed by atoms with E-state index in [1.165, 1.54) is 56.1 Å². The van der Waals surface area contributed by atoms with Gasteiger partial charge >= 0.3 is 0 Å². The molecule has 0 bridgehead atoms. The zero-order valence-electron chi connectivity index (χ0n) is 28.7.